The van der Waals surface area contributed by atoms with Crippen LogP contribution in [0.25, 0.3) is 0 Å². The minimum Gasteiger partial charge on any atom is -0.462 e. The summed E-state index contributed by atoms with van der Waals surface area (Å²) in [4.78, 5) is 36.0. The molecule has 1 aromatic rings. The van der Waals surface area contributed by atoms with E-state index in [9.17, 15) is 14.4 Å². The molecule has 1 aromatic heterocycles. The van der Waals surface area contributed by atoms with Crippen LogP contribution in [0.2, 0.25) is 0 Å². The molecule has 0 aliphatic heterocycles. The van der Waals surface area contributed by atoms with E-state index in [1.165, 1.54) is 24.9 Å². The van der Waals surface area contributed by atoms with Gasteiger partial charge in [-0.2, -0.15) is 5.10 Å². The van der Waals surface area contributed by atoms with Crippen molar-refractivity contribution < 1.29 is 19.1 Å². The van der Waals surface area contributed by atoms with E-state index >= 15 is 0 Å². The lowest BCUT2D eigenvalue weighted by Crippen LogP contribution is -2.59. The average molecular weight is 310 g/mol. The first-order chi connectivity index (χ1) is 10.1. The zero-order chi connectivity index (χ0) is 17.1. The summed E-state index contributed by atoms with van der Waals surface area (Å²) in [5.41, 5.74) is 4.21. The number of nitrogens with zero attached hydrogens (tertiary/aromatic N) is 2. The number of aryl methyl sites for hydroxylation is 1. The summed E-state index contributed by atoms with van der Waals surface area (Å²) in [5, 5.41) is 6.49. The molecule has 8 nitrogen and oxygen atoms in total. The lowest BCUT2D eigenvalue weighted by molar-refractivity contribution is -0.125. The molecule has 1 unspecified atom stereocenters. The van der Waals surface area contributed by atoms with Gasteiger partial charge in [-0.3, -0.25) is 14.3 Å². The molecule has 3 N–H and O–H groups in total. The van der Waals surface area contributed by atoms with Crippen molar-refractivity contribution in [3.05, 3.63) is 17.5 Å². The summed E-state index contributed by atoms with van der Waals surface area (Å²) in [7, 11) is 1.52. The van der Waals surface area contributed by atoms with Gasteiger partial charge in [-0.1, -0.05) is 13.8 Å². The molecule has 0 fully saturated rings. The molecule has 0 bridgehead atoms. The monoisotopic (exact) mass is 310 g/mol. The molecule has 122 valence electrons. The quantitative estimate of drug-likeness (QED) is 0.729. The van der Waals surface area contributed by atoms with Gasteiger partial charge in [-0.15, -0.1) is 0 Å². The average Bonchev–Trinajstić information content (AvgIpc) is 2.80. The molecule has 2 amide bonds. The van der Waals surface area contributed by atoms with Gasteiger partial charge >= 0.3 is 5.97 Å². The minimum atomic E-state index is -1.24. The number of hydrogen-bond acceptors (Lipinski definition) is 5. The van der Waals surface area contributed by atoms with Crippen LogP contribution in [0, 0.1) is 5.92 Å². The smallest absolute Gasteiger partial charge is 0.342 e. The van der Waals surface area contributed by atoms with Crippen LogP contribution in [0.15, 0.2) is 6.20 Å². The van der Waals surface area contributed by atoms with Crippen LogP contribution in [-0.2, 0) is 16.6 Å². The second-order valence-electron chi connectivity index (χ2n) is 5.43. The Morgan fingerprint density at radius 2 is 2.05 bits per heavy atom. The van der Waals surface area contributed by atoms with Crippen LogP contribution < -0.4 is 11.1 Å². The number of nitrogens with two attached hydrogens (primary N) is 1. The van der Waals surface area contributed by atoms with E-state index in [0.29, 0.717) is 0 Å². The van der Waals surface area contributed by atoms with Gasteiger partial charge in [0.05, 0.1) is 12.8 Å². The van der Waals surface area contributed by atoms with E-state index in [0.717, 1.165) is 0 Å². The molecule has 0 saturated carbocycles. The number of aromatic nitrogens is 2. The van der Waals surface area contributed by atoms with E-state index in [2.05, 4.69) is 10.4 Å². The largest absolute Gasteiger partial charge is 0.462 e. The Morgan fingerprint density at radius 3 is 2.50 bits per heavy atom. The maximum atomic E-state index is 12.5. The predicted octanol–water partition coefficient (Wildman–Crippen LogP) is 0.227. The molecule has 0 aromatic carbocycles. The Bertz CT molecular complexity index is 594. The van der Waals surface area contributed by atoms with Gasteiger partial charge in [0, 0.05) is 7.05 Å². The molecule has 1 atom stereocenters. The Morgan fingerprint density at radius 1 is 1.45 bits per heavy atom. The highest BCUT2D eigenvalue weighted by molar-refractivity contribution is 6.05. The summed E-state index contributed by atoms with van der Waals surface area (Å²) >= 11 is 0. The highest BCUT2D eigenvalue weighted by Gasteiger charge is 2.38. The summed E-state index contributed by atoms with van der Waals surface area (Å²) in [6.45, 7) is 6.91. The number of carbonyl (C=O) groups is 3. The maximum absolute atomic E-state index is 12.5. The SMILES string of the molecule is CCOC(=O)c1cnn(C)c1C(=O)NC(C)(C(N)=O)C(C)C. The minimum absolute atomic E-state index is 0.0200. The second kappa shape index (κ2) is 6.59. The van der Waals surface area contributed by atoms with Gasteiger partial charge in [0.25, 0.3) is 5.91 Å². The number of carbonyl (C=O) groups excluding carboxylic acids is 3. The Hall–Kier alpha value is -2.38. The van der Waals surface area contributed by atoms with Crippen LogP contribution in [0.1, 0.15) is 48.5 Å². The van der Waals surface area contributed by atoms with Crippen molar-refractivity contribution in [1.29, 1.82) is 0 Å². The first kappa shape index (κ1) is 17.7. The summed E-state index contributed by atoms with van der Waals surface area (Å²) in [6, 6.07) is 0. The highest BCUT2D eigenvalue weighted by atomic mass is 16.5. The molecule has 0 aliphatic carbocycles. The summed E-state index contributed by atoms with van der Waals surface area (Å²) in [6.07, 6.45) is 1.25. The number of rotatable bonds is 6. The van der Waals surface area contributed by atoms with Crippen molar-refractivity contribution in [2.45, 2.75) is 33.2 Å². The number of nitrogens with one attached hydrogen (secondary N) is 1. The number of hydrogen-bond donors (Lipinski definition) is 2. The fraction of sp³-hybridized carbons (Fsp3) is 0.571. The first-order valence-corrected chi connectivity index (χ1v) is 6.96. The Balaban J connectivity index is 3.16. The van der Waals surface area contributed by atoms with Gasteiger partial charge in [0.15, 0.2) is 0 Å². The van der Waals surface area contributed by atoms with E-state index in [1.807, 2.05) is 0 Å². The molecular formula is C14H22N4O4. The molecule has 0 radical (unpaired) electrons. The van der Waals surface area contributed by atoms with Crippen LogP contribution in [-0.4, -0.2) is 39.7 Å². The van der Waals surface area contributed by atoms with E-state index in [1.54, 1.807) is 20.8 Å². The Kier molecular flexibility index (Phi) is 5.29. The van der Waals surface area contributed by atoms with Gasteiger partial charge in [0.2, 0.25) is 5.91 Å². The molecule has 1 heterocycles. The topological polar surface area (TPSA) is 116 Å². The number of esters is 1. The van der Waals surface area contributed by atoms with E-state index < -0.39 is 23.3 Å². The third-order valence-corrected chi connectivity index (χ3v) is 3.69. The number of amides is 2. The Labute approximate surface area is 129 Å². The molecule has 0 saturated heterocycles. The lowest BCUT2D eigenvalue weighted by Gasteiger charge is -2.31. The molecule has 0 spiro atoms. The fourth-order valence-electron chi connectivity index (χ4n) is 1.85. The molecule has 1 rings (SSSR count). The zero-order valence-corrected chi connectivity index (χ0v) is 13.5. The third kappa shape index (κ3) is 3.26. The van der Waals surface area contributed by atoms with Gasteiger partial charge in [0.1, 0.15) is 16.8 Å². The third-order valence-electron chi connectivity index (χ3n) is 3.69. The molecule has 8 heteroatoms. The van der Waals surface area contributed by atoms with Crippen LogP contribution >= 0.6 is 0 Å². The second-order valence-corrected chi connectivity index (χ2v) is 5.43. The summed E-state index contributed by atoms with van der Waals surface area (Å²) in [5.74, 6) is -2.15. The van der Waals surface area contributed by atoms with Crippen LogP contribution in [0.5, 0.6) is 0 Å². The molecule has 0 aliphatic rings. The van der Waals surface area contributed by atoms with Crippen LogP contribution in [0.4, 0.5) is 0 Å². The summed E-state index contributed by atoms with van der Waals surface area (Å²) < 4.78 is 6.15. The normalized spacial score (nSPS) is 13.5. The fourth-order valence-corrected chi connectivity index (χ4v) is 1.85. The van der Waals surface area contributed by atoms with Crippen LogP contribution in [0.3, 0.4) is 0 Å². The van der Waals surface area contributed by atoms with E-state index in [-0.39, 0.29) is 23.8 Å². The van der Waals surface area contributed by atoms with Crippen molar-refractivity contribution in [2.75, 3.05) is 6.61 Å². The predicted molar refractivity (Wildman–Crippen MR) is 79.1 cm³/mol. The van der Waals surface area contributed by atoms with E-state index in [4.69, 9.17) is 10.5 Å². The highest BCUT2D eigenvalue weighted by Crippen LogP contribution is 2.18. The maximum Gasteiger partial charge on any atom is 0.342 e. The molecule has 22 heavy (non-hydrogen) atoms. The zero-order valence-electron chi connectivity index (χ0n) is 13.5. The number of primary amides is 1. The first-order valence-electron chi connectivity index (χ1n) is 6.96. The van der Waals surface area contributed by atoms with Crippen molar-refractivity contribution in [3.8, 4) is 0 Å². The number of ether oxygens (including phenoxy) is 1. The van der Waals surface area contributed by atoms with Gasteiger partial charge < -0.3 is 15.8 Å². The molecular weight excluding hydrogens is 288 g/mol. The lowest BCUT2D eigenvalue weighted by atomic mass is 9.87. The van der Waals surface area contributed by atoms with Gasteiger partial charge in [-0.05, 0) is 19.8 Å². The standard InChI is InChI=1S/C14H22N4O4/c1-6-22-12(20)9-7-16-18(5)10(9)11(19)17-14(4,8(2)3)13(15)21/h7-8H,6H2,1-5H3,(H2,15,21)(H,17,19). The van der Waals surface area contributed by atoms with Crippen molar-refractivity contribution in [3.63, 3.8) is 0 Å². The van der Waals surface area contributed by atoms with Crippen molar-refractivity contribution >= 4 is 17.8 Å². The van der Waals surface area contributed by atoms with Crippen molar-refractivity contribution in [1.82, 2.24) is 15.1 Å². The van der Waals surface area contributed by atoms with Crippen molar-refractivity contribution in [2.24, 2.45) is 18.7 Å². The van der Waals surface area contributed by atoms with Gasteiger partial charge in [-0.25, -0.2) is 4.79 Å².